The van der Waals surface area contributed by atoms with Crippen molar-refractivity contribution < 1.29 is 17.5 Å². The van der Waals surface area contributed by atoms with E-state index in [1.54, 1.807) is 38.3 Å². The highest BCUT2D eigenvalue weighted by Gasteiger charge is 2.31. The van der Waals surface area contributed by atoms with Crippen LogP contribution in [-0.4, -0.2) is 31.4 Å². The molecule has 0 radical (unpaired) electrons. The largest absolute Gasteiger partial charge is 0.497 e. The van der Waals surface area contributed by atoms with E-state index in [4.69, 9.17) is 4.74 Å². The highest BCUT2D eigenvalue weighted by atomic mass is 32.2. The lowest BCUT2D eigenvalue weighted by atomic mass is 10.1. The Morgan fingerprint density at radius 1 is 1.19 bits per heavy atom. The molecule has 1 N–H and O–H groups in total. The lowest BCUT2D eigenvalue weighted by Gasteiger charge is -2.27. The summed E-state index contributed by atoms with van der Waals surface area (Å²) in [5, 5.41) is 0.742. The van der Waals surface area contributed by atoms with Crippen molar-refractivity contribution in [2.75, 3.05) is 13.7 Å². The average molecular weight is 374 g/mol. The molecule has 0 unspecified atom stereocenters. The Morgan fingerprint density at radius 3 is 2.73 bits per heavy atom. The number of aromatic amines is 1. The van der Waals surface area contributed by atoms with Crippen LogP contribution in [0.1, 0.15) is 16.8 Å². The molecule has 1 aliphatic rings. The van der Waals surface area contributed by atoms with E-state index < -0.39 is 10.0 Å². The lowest BCUT2D eigenvalue weighted by molar-refractivity contribution is 0.390. The second-order valence-corrected chi connectivity index (χ2v) is 8.40. The number of H-pyrrole nitrogens is 1. The number of ether oxygens (including phenoxy) is 1. The van der Waals surface area contributed by atoms with Crippen molar-refractivity contribution in [3.63, 3.8) is 0 Å². The molecule has 0 saturated heterocycles. The standard InChI is InChI=1S/C19H19FN2O3S/c1-12-9-14(25-2)4-6-19(12)26(23,24)22-8-7-18-16(11-22)15-10-13(20)3-5-17(15)21-18/h3-6,9-10,21H,7-8,11H2,1-2H3. The Bertz CT molecular complexity index is 1110. The summed E-state index contributed by atoms with van der Waals surface area (Å²) in [6.45, 7) is 2.37. The number of rotatable bonds is 3. The third-order valence-corrected chi connectivity index (χ3v) is 6.91. The van der Waals surface area contributed by atoms with Crippen LogP contribution in [0.25, 0.3) is 10.9 Å². The summed E-state index contributed by atoms with van der Waals surface area (Å²) >= 11 is 0. The van der Waals surface area contributed by atoms with Gasteiger partial charge in [-0.15, -0.1) is 0 Å². The molecule has 0 saturated carbocycles. The number of halogens is 1. The fraction of sp³-hybridized carbons (Fsp3) is 0.263. The average Bonchev–Trinajstić information content (AvgIpc) is 2.98. The monoisotopic (exact) mass is 374 g/mol. The summed E-state index contributed by atoms with van der Waals surface area (Å²) < 4.78 is 46.5. The molecule has 0 amide bonds. The Labute approximate surface area is 151 Å². The molecule has 2 heterocycles. The van der Waals surface area contributed by atoms with Gasteiger partial charge in [-0.1, -0.05) is 0 Å². The molecule has 2 aromatic carbocycles. The Hall–Kier alpha value is -2.38. The third kappa shape index (κ3) is 2.68. The van der Waals surface area contributed by atoms with Gasteiger partial charge in [-0.3, -0.25) is 0 Å². The minimum Gasteiger partial charge on any atom is -0.497 e. The van der Waals surface area contributed by atoms with Crippen LogP contribution in [0, 0.1) is 12.7 Å². The quantitative estimate of drug-likeness (QED) is 0.765. The third-order valence-electron chi connectivity index (χ3n) is 4.90. The van der Waals surface area contributed by atoms with E-state index in [1.807, 2.05) is 0 Å². The molecule has 0 fully saturated rings. The second kappa shape index (κ2) is 6.10. The van der Waals surface area contributed by atoms with Crippen LogP contribution in [-0.2, 0) is 23.0 Å². The van der Waals surface area contributed by atoms with Crippen LogP contribution in [0.2, 0.25) is 0 Å². The highest BCUT2D eigenvalue weighted by Crippen LogP contribution is 2.32. The van der Waals surface area contributed by atoms with Crippen molar-refractivity contribution in [3.05, 3.63) is 59.0 Å². The van der Waals surface area contributed by atoms with Gasteiger partial charge in [-0.25, -0.2) is 12.8 Å². The number of fused-ring (bicyclic) bond motifs is 3. The molecule has 7 heteroatoms. The molecule has 1 aromatic heterocycles. The molecule has 5 nitrogen and oxygen atoms in total. The number of nitrogens with zero attached hydrogens (tertiary/aromatic N) is 1. The summed E-state index contributed by atoms with van der Waals surface area (Å²) in [7, 11) is -2.10. The van der Waals surface area contributed by atoms with Crippen molar-refractivity contribution in [3.8, 4) is 5.75 Å². The molecule has 136 valence electrons. The number of hydrogen-bond acceptors (Lipinski definition) is 3. The van der Waals surface area contributed by atoms with Gasteiger partial charge < -0.3 is 9.72 Å². The maximum Gasteiger partial charge on any atom is 0.243 e. The summed E-state index contributed by atoms with van der Waals surface area (Å²) in [6, 6.07) is 9.49. The van der Waals surface area contributed by atoms with Gasteiger partial charge in [0.15, 0.2) is 0 Å². The molecular weight excluding hydrogens is 355 g/mol. The first-order valence-corrected chi connectivity index (χ1v) is 9.78. The topological polar surface area (TPSA) is 62.4 Å². The predicted molar refractivity (Wildman–Crippen MR) is 97.3 cm³/mol. The van der Waals surface area contributed by atoms with E-state index in [0.717, 1.165) is 22.2 Å². The van der Waals surface area contributed by atoms with Crippen molar-refractivity contribution in [2.24, 2.45) is 0 Å². The van der Waals surface area contributed by atoms with Gasteiger partial charge in [-0.2, -0.15) is 4.31 Å². The summed E-state index contributed by atoms with van der Waals surface area (Å²) in [5.41, 5.74) is 3.29. The number of benzene rings is 2. The fourth-order valence-corrected chi connectivity index (χ4v) is 5.16. The van der Waals surface area contributed by atoms with E-state index in [0.29, 0.717) is 24.3 Å². The summed E-state index contributed by atoms with van der Waals surface area (Å²) in [6.07, 6.45) is 0.570. The number of sulfonamides is 1. The first-order chi connectivity index (χ1) is 12.4. The molecule has 1 aliphatic heterocycles. The minimum absolute atomic E-state index is 0.229. The van der Waals surface area contributed by atoms with Gasteiger partial charge in [0.05, 0.1) is 12.0 Å². The number of nitrogens with one attached hydrogen (secondary N) is 1. The van der Waals surface area contributed by atoms with Crippen LogP contribution in [0.3, 0.4) is 0 Å². The number of aromatic nitrogens is 1. The van der Waals surface area contributed by atoms with Gasteiger partial charge in [0.1, 0.15) is 11.6 Å². The Kier molecular flexibility index (Phi) is 4.00. The molecule has 4 rings (SSSR count). The highest BCUT2D eigenvalue weighted by molar-refractivity contribution is 7.89. The zero-order chi connectivity index (χ0) is 18.5. The Balaban J connectivity index is 1.74. The summed E-state index contributed by atoms with van der Waals surface area (Å²) in [5.74, 6) is 0.291. The van der Waals surface area contributed by atoms with Gasteiger partial charge in [-0.05, 0) is 54.4 Å². The minimum atomic E-state index is -3.65. The first kappa shape index (κ1) is 17.1. The molecule has 0 aliphatic carbocycles. The van der Waals surface area contributed by atoms with Crippen LogP contribution >= 0.6 is 0 Å². The number of aryl methyl sites for hydroxylation is 1. The van der Waals surface area contributed by atoms with Crippen molar-refractivity contribution in [2.45, 2.75) is 24.8 Å². The van der Waals surface area contributed by atoms with Gasteiger partial charge in [0.25, 0.3) is 0 Å². The molecule has 26 heavy (non-hydrogen) atoms. The molecule has 0 spiro atoms. The van der Waals surface area contributed by atoms with Crippen LogP contribution in [0.4, 0.5) is 4.39 Å². The van der Waals surface area contributed by atoms with Crippen LogP contribution in [0.15, 0.2) is 41.3 Å². The smallest absolute Gasteiger partial charge is 0.243 e. The SMILES string of the molecule is COc1ccc(S(=O)(=O)N2CCc3[nH]c4ccc(F)cc4c3C2)c(C)c1. The maximum absolute atomic E-state index is 13.6. The summed E-state index contributed by atoms with van der Waals surface area (Å²) in [4.78, 5) is 3.55. The van der Waals surface area contributed by atoms with E-state index in [9.17, 15) is 12.8 Å². The van der Waals surface area contributed by atoms with Crippen molar-refractivity contribution in [1.82, 2.24) is 9.29 Å². The molecule has 0 bridgehead atoms. The van der Waals surface area contributed by atoms with Crippen LogP contribution in [0.5, 0.6) is 5.75 Å². The predicted octanol–water partition coefficient (Wildman–Crippen LogP) is 3.37. The lowest BCUT2D eigenvalue weighted by Crippen LogP contribution is -2.36. The van der Waals surface area contributed by atoms with Gasteiger partial charge in [0, 0.05) is 36.1 Å². The zero-order valence-electron chi connectivity index (χ0n) is 14.5. The van der Waals surface area contributed by atoms with Crippen molar-refractivity contribution in [1.29, 1.82) is 0 Å². The van der Waals surface area contributed by atoms with E-state index in [2.05, 4.69) is 4.98 Å². The normalized spacial score (nSPS) is 15.2. The molecule has 0 atom stereocenters. The first-order valence-electron chi connectivity index (χ1n) is 8.34. The Morgan fingerprint density at radius 2 is 2.00 bits per heavy atom. The van der Waals surface area contributed by atoms with E-state index in [-0.39, 0.29) is 17.3 Å². The van der Waals surface area contributed by atoms with Gasteiger partial charge in [0.2, 0.25) is 10.0 Å². The molecular formula is C19H19FN2O3S. The fourth-order valence-electron chi connectivity index (χ4n) is 3.54. The van der Waals surface area contributed by atoms with E-state index >= 15 is 0 Å². The van der Waals surface area contributed by atoms with E-state index in [1.165, 1.54) is 16.4 Å². The second-order valence-electron chi connectivity index (χ2n) is 6.49. The molecule has 3 aromatic rings. The zero-order valence-corrected chi connectivity index (χ0v) is 15.4. The van der Waals surface area contributed by atoms with Gasteiger partial charge >= 0.3 is 0 Å². The number of hydrogen-bond donors (Lipinski definition) is 1. The van der Waals surface area contributed by atoms with Crippen LogP contribution < -0.4 is 4.74 Å². The van der Waals surface area contributed by atoms with Crippen molar-refractivity contribution >= 4 is 20.9 Å². The maximum atomic E-state index is 13.6. The number of methoxy groups -OCH3 is 1.